The van der Waals surface area contributed by atoms with Crippen molar-refractivity contribution >= 4 is 50.8 Å². The standard InChI is InChI=1S/C19H18FIN4O3/c20-14-9-11(21)1-2-15(14)24-17-13-10-23-8-5-16(13)27-18(17)19(26)25-28-12-3-6-22-7-4-12/h1-2,5,8-10,12,22,24H,3-4,6-7H2,(H,25,26). The molecule has 9 heteroatoms. The van der Waals surface area contributed by atoms with Gasteiger partial charge in [-0.05, 0) is 72.8 Å². The minimum Gasteiger partial charge on any atom is -0.448 e. The van der Waals surface area contributed by atoms with E-state index in [2.05, 4.69) is 21.1 Å². The van der Waals surface area contributed by atoms with Gasteiger partial charge in [-0.2, -0.15) is 0 Å². The fourth-order valence-corrected chi connectivity index (χ4v) is 3.50. The highest BCUT2D eigenvalue weighted by atomic mass is 127. The highest BCUT2D eigenvalue weighted by molar-refractivity contribution is 14.1. The molecule has 1 amide bonds. The Morgan fingerprint density at radius 1 is 1.32 bits per heavy atom. The van der Waals surface area contributed by atoms with E-state index < -0.39 is 11.7 Å². The number of hydrogen-bond acceptors (Lipinski definition) is 6. The number of pyridine rings is 1. The van der Waals surface area contributed by atoms with Gasteiger partial charge in [-0.3, -0.25) is 14.6 Å². The van der Waals surface area contributed by atoms with Crippen molar-refractivity contribution in [3.05, 3.63) is 51.8 Å². The number of hydrogen-bond donors (Lipinski definition) is 3. The fraction of sp³-hybridized carbons (Fsp3) is 0.263. The molecular weight excluding hydrogens is 478 g/mol. The molecule has 146 valence electrons. The Balaban J connectivity index is 1.61. The first-order valence-corrected chi connectivity index (χ1v) is 9.95. The molecule has 28 heavy (non-hydrogen) atoms. The lowest BCUT2D eigenvalue weighted by Gasteiger charge is -2.22. The molecular formula is C19H18FIN4O3. The first-order valence-electron chi connectivity index (χ1n) is 8.87. The van der Waals surface area contributed by atoms with Gasteiger partial charge in [0.1, 0.15) is 17.1 Å². The molecule has 0 atom stereocenters. The van der Waals surface area contributed by atoms with Crippen molar-refractivity contribution in [1.29, 1.82) is 0 Å². The number of benzene rings is 1. The Hall–Kier alpha value is -2.24. The number of carbonyl (C=O) groups is 1. The Labute approximate surface area is 174 Å². The molecule has 0 unspecified atom stereocenters. The molecule has 7 nitrogen and oxygen atoms in total. The number of amides is 1. The van der Waals surface area contributed by atoms with Crippen molar-refractivity contribution in [1.82, 2.24) is 15.8 Å². The van der Waals surface area contributed by atoms with E-state index in [-0.39, 0.29) is 17.6 Å². The van der Waals surface area contributed by atoms with E-state index in [9.17, 15) is 9.18 Å². The Morgan fingerprint density at radius 2 is 2.14 bits per heavy atom. The molecule has 3 aromatic rings. The molecule has 0 radical (unpaired) electrons. The maximum absolute atomic E-state index is 14.3. The van der Waals surface area contributed by atoms with Gasteiger partial charge in [0, 0.05) is 16.0 Å². The molecule has 1 aromatic carbocycles. The number of nitrogens with zero attached hydrogens (tertiary/aromatic N) is 1. The third-order valence-corrected chi connectivity index (χ3v) is 5.16. The summed E-state index contributed by atoms with van der Waals surface area (Å²) in [7, 11) is 0. The van der Waals surface area contributed by atoms with Crippen molar-refractivity contribution in [2.75, 3.05) is 18.4 Å². The average molecular weight is 496 g/mol. The van der Waals surface area contributed by atoms with Gasteiger partial charge in [-0.1, -0.05) is 0 Å². The highest BCUT2D eigenvalue weighted by Gasteiger charge is 2.23. The van der Waals surface area contributed by atoms with Crippen LogP contribution in [-0.4, -0.2) is 30.1 Å². The van der Waals surface area contributed by atoms with Crippen molar-refractivity contribution in [3.63, 3.8) is 0 Å². The number of fused-ring (bicyclic) bond motifs is 1. The van der Waals surface area contributed by atoms with Gasteiger partial charge in [0.05, 0.1) is 17.2 Å². The van der Waals surface area contributed by atoms with Gasteiger partial charge in [-0.25, -0.2) is 9.87 Å². The number of aromatic nitrogens is 1. The number of furan rings is 1. The maximum atomic E-state index is 14.3. The van der Waals surface area contributed by atoms with Crippen LogP contribution in [0.4, 0.5) is 15.8 Å². The SMILES string of the molecule is O=C(NOC1CCNCC1)c1oc2ccncc2c1Nc1ccc(I)cc1F. The summed E-state index contributed by atoms with van der Waals surface area (Å²) in [6, 6.07) is 6.44. The Bertz CT molecular complexity index is 1000. The largest absolute Gasteiger partial charge is 0.448 e. The molecule has 2 aromatic heterocycles. The molecule has 4 rings (SSSR count). The molecule has 0 aliphatic carbocycles. The van der Waals surface area contributed by atoms with Crippen LogP contribution < -0.4 is 16.1 Å². The molecule has 0 spiro atoms. The lowest BCUT2D eigenvalue weighted by molar-refractivity contribution is -0.0292. The summed E-state index contributed by atoms with van der Waals surface area (Å²) in [5.74, 6) is -0.958. The number of halogens is 2. The Morgan fingerprint density at radius 3 is 2.93 bits per heavy atom. The zero-order chi connectivity index (χ0) is 19.5. The molecule has 1 fully saturated rings. The average Bonchev–Trinajstić information content (AvgIpc) is 3.08. The van der Waals surface area contributed by atoms with E-state index in [1.165, 1.54) is 6.07 Å². The van der Waals surface area contributed by atoms with Crippen molar-refractivity contribution in [2.24, 2.45) is 0 Å². The van der Waals surface area contributed by atoms with Gasteiger partial charge in [0.15, 0.2) is 0 Å². The number of piperidine rings is 1. The summed E-state index contributed by atoms with van der Waals surface area (Å²) in [5.41, 5.74) is 3.51. The summed E-state index contributed by atoms with van der Waals surface area (Å²) in [6.07, 6.45) is 4.69. The summed E-state index contributed by atoms with van der Waals surface area (Å²) in [5, 5.41) is 6.78. The first-order chi connectivity index (χ1) is 13.6. The van der Waals surface area contributed by atoms with Gasteiger partial charge in [0.25, 0.3) is 0 Å². The minimum atomic E-state index is -0.539. The van der Waals surface area contributed by atoms with Gasteiger partial charge in [-0.15, -0.1) is 0 Å². The first kappa shape index (κ1) is 19.1. The van der Waals surface area contributed by atoms with Crippen LogP contribution in [0.15, 0.2) is 41.1 Å². The quantitative estimate of drug-likeness (QED) is 0.369. The monoisotopic (exact) mass is 496 g/mol. The smallest absolute Gasteiger partial charge is 0.312 e. The van der Waals surface area contributed by atoms with Gasteiger partial charge >= 0.3 is 5.91 Å². The third-order valence-electron chi connectivity index (χ3n) is 4.49. The minimum absolute atomic E-state index is 0.00915. The molecule has 3 heterocycles. The summed E-state index contributed by atoms with van der Waals surface area (Å²) in [6.45, 7) is 1.69. The molecule has 1 aliphatic heterocycles. The van der Waals surface area contributed by atoms with Crippen LogP contribution >= 0.6 is 22.6 Å². The zero-order valence-corrected chi connectivity index (χ0v) is 17.0. The number of hydroxylamine groups is 1. The van der Waals surface area contributed by atoms with Crippen molar-refractivity contribution < 1.29 is 18.4 Å². The summed E-state index contributed by atoms with van der Waals surface area (Å²) in [4.78, 5) is 22.3. The predicted molar refractivity (Wildman–Crippen MR) is 111 cm³/mol. The van der Waals surface area contributed by atoms with E-state index >= 15 is 0 Å². The number of carbonyl (C=O) groups excluding carboxylic acids is 1. The van der Waals surface area contributed by atoms with E-state index in [0.29, 0.717) is 16.7 Å². The molecule has 0 saturated carbocycles. The second kappa shape index (κ2) is 8.41. The molecule has 0 bridgehead atoms. The van der Waals surface area contributed by atoms with Crippen molar-refractivity contribution in [2.45, 2.75) is 18.9 Å². The number of anilines is 2. The number of rotatable bonds is 5. The Kier molecular flexibility index (Phi) is 5.74. The van der Waals surface area contributed by atoms with E-state index in [4.69, 9.17) is 9.25 Å². The maximum Gasteiger partial charge on any atom is 0.312 e. The van der Waals surface area contributed by atoms with Gasteiger partial charge < -0.3 is 15.1 Å². The van der Waals surface area contributed by atoms with Crippen LogP contribution in [-0.2, 0) is 4.84 Å². The van der Waals surface area contributed by atoms with E-state index in [0.717, 1.165) is 29.5 Å². The van der Waals surface area contributed by atoms with Gasteiger partial charge in [0.2, 0.25) is 5.76 Å². The topological polar surface area (TPSA) is 88.4 Å². The molecule has 1 aliphatic rings. The second-order valence-corrected chi connectivity index (χ2v) is 7.67. The third kappa shape index (κ3) is 4.10. The number of nitrogens with one attached hydrogen (secondary N) is 3. The lowest BCUT2D eigenvalue weighted by atomic mass is 10.1. The fourth-order valence-electron chi connectivity index (χ4n) is 3.05. The summed E-state index contributed by atoms with van der Waals surface area (Å²) < 4.78 is 20.8. The summed E-state index contributed by atoms with van der Waals surface area (Å²) >= 11 is 2.03. The van der Waals surface area contributed by atoms with E-state index in [1.807, 2.05) is 22.6 Å². The van der Waals surface area contributed by atoms with E-state index in [1.54, 1.807) is 30.6 Å². The van der Waals surface area contributed by atoms with Crippen LogP contribution in [0.2, 0.25) is 0 Å². The normalized spacial score (nSPS) is 14.9. The highest BCUT2D eigenvalue weighted by Crippen LogP contribution is 2.33. The molecule has 1 saturated heterocycles. The molecule has 3 N–H and O–H groups in total. The van der Waals surface area contributed by atoms with Crippen LogP contribution in [0, 0.1) is 9.39 Å². The zero-order valence-electron chi connectivity index (χ0n) is 14.8. The predicted octanol–water partition coefficient (Wildman–Crippen LogP) is 3.73. The van der Waals surface area contributed by atoms with Crippen LogP contribution in [0.5, 0.6) is 0 Å². The van der Waals surface area contributed by atoms with Crippen LogP contribution in [0.1, 0.15) is 23.4 Å². The van der Waals surface area contributed by atoms with Crippen LogP contribution in [0.3, 0.4) is 0 Å². The second-order valence-electron chi connectivity index (χ2n) is 6.43. The lowest BCUT2D eigenvalue weighted by Crippen LogP contribution is -2.37. The van der Waals surface area contributed by atoms with Crippen LogP contribution in [0.25, 0.3) is 11.0 Å². The van der Waals surface area contributed by atoms with Crippen molar-refractivity contribution in [3.8, 4) is 0 Å².